The van der Waals surface area contributed by atoms with Crippen LogP contribution in [0, 0.1) is 10.8 Å². The highest BCUT2D eigenvalue weighted by atomic mass is 16.5. The van der Waals surface area contributed by atoms with Crippen LogP contribution in [0.4, 0.5) is 0 Å². The summed E-state index contributed by atoms with van der Waals surface area (Å²) in [6, 6.07) is 7.73. The molecule has 0 radical (unpaired) electrons. The molecule has 0 unspecified atom stereocenters. The summed E-state index contributed by atoms with van der Waals surface area (Å²) in [5, 5.41) is 0. The molecular formula is C25H30NO3+. The van der Waals surface area contributed by atoms with E-state index in [1.807, 2.05) is 31.3 Å². The van der Waals surface area contributed by atoms with E-state index in [9.17, 15) is 9.59 Å². The Morgan fingerprint density at radius 2 is 1.21 bits per heavy atom. The maximum atomic E-state index is 13.3. The number of hydrogen-bond donors (Lipinski definition) is 0. The van der Waals surface area contributed by atoms with Crippen LogP contribution in [0.1, 0.15) is 72.6 Å². The molecule has 29 heavy (non-hydrogen) atoms. The predicted molar refractivity (Wildman–Crippen MR) is 112 cm³/mol. The van der Waals surface area contributed by atoms with Crippen LogP contribution in [0.2, 0.25) is 0 Å². The number of nitrogens with zero attached hydrogens (tertiary/aromatic N) is 1. The summed E-state index contributed by atoms with van der Waals surface area (Å²) in [5.74, 6) is 1.04. The number of methoxy groups -OCH3 is 1. The largest absolute Gasteiger partial charge is 0.497 e. The summed E-state index contributed by atoms with van der Waals surface area (Å²) in [6.45, 7) is 8.59. The van der Waals surface area contributed by atoms with Crippen molar-refractivity contribution in [2.24, 2.45) is 17.9 Å². The van der Waals surface area contributed by atoms with Gasteiger partial charge in [-0.25, -0.2) is 4.57 Å². The summed E-state index contributed by atoms with van der Waals surface area (Å²) in [4.78, 5) is 26.7. The second kappa shape index (κ2) is 6.51. The third-order valence-electron chi connectivity index (χ3n) is 6.39. The first-order valence-electron chi connectivity index (χ1n) is 10.3. The Bertz CT molecular complexity index is 972. The van der Waals surface area contributed by atoms with Crippen molar-refractivity contribution in [3.8, 4) is 16.9 Å². The fourth-order valence-electron chi connectivity index (χ4n) is 5.05. The molecular weight excluding hydrogens is 362 g/mol. The van der Waals surface area contributed by atoms with Crippen LogP contribution in [0.5, 0.6) is 5.75 Å². The van der Waals surface area contributed by atoms with Gasteiger partial charge in [0.2, 0.25) is 0 Å². The van der Waals surface area contributed by atoms with Crippen molar-refractivity contribution in [1.29, 1.82) is 0 Å². The number of carbonyl (C=O) groups excluding carboxylic acids is 2. The van der Waals surface area contributed by atoms with E-state index >= 15 is 0 Å². The lowest BCUT2D eigenvalue weighted by atomic mass is 9.69. The second-order valence-electron chi connectivity index (χ2n) is 10.2. The summed E-state index contributed by atoms with van der Waals surface area (Å²) in [7, 11) is 3.66. The monoisotopic (exact) mass is 392 g/mol. The molecule has 2 aliphatic carbocycles. The molecule has 1 aromatic heterocycles. The van der Waals surface area contributed by atoms with Gasteiger partial charge in [0, 0.05) is 31.2 Å². The average molecular weight is 393 g/mol. The van der Waals surface area contributed by atoms with E-state index in [1.54, 1.807) is 7.11 Å². The predicted octanol–water partition coefficient (Wildman–Crippen LogP) is 4.50. The number of rotatable bonds is 2. The van der Waals surface area contributed by atoms with Gasteiger partial charge in [0.1, 0.15) is 12.8 Å². The zero-order chi connectivity index (χ0) is 21.1. The molecule has 1 aromatic carbocycles. The van der Waals surface area contributed by atoms with E-state index in [-0.39, 0.29) is 22.4 Å². The number of ketones is 2. The molecule has 0 N–H and O–H groups in total. The van der Waals surface area contributed by atoms with Gasteiger partial charge in [-0.3, -0.25) is 9.59 Å². The highest BCUT2D eigenvalue weighted by Crippen LogP contribution is 2.44. The summed E-state index contributed by atoms with van der Waals surface area (Å²) < 4.78 is 7.46. The molecule has 0 atom stereocenters. The van der Waals surface area contributed by atoms with Gasteiger partial charge >= 0.3 is 0 Å². The minimum atomic E-state index is -0.0819. The fourth-order valence-corrected chi connectivity index (χ4v) is 5.05. The van der Waals surface area contributed by atoms with Gasteiger partial charge in [-0.05, 0) is 28.5 Å². The smallest absolute Gasteiger partial charge is 0.193 e. The molecule has 2 aliphatic rings. The third kappa shape index (κ3) is 3.29. The Hall–Kier alpha value is -2.49. The van der Waals surface area contributed by atoms with Crippen LogP contribution in [0.25, 0.3) is 11.1 Å². The van der Waals surface area contributed by atoms with E-state index in [4.69, 9.17) is 4.74 Å². The second-order valence-corrected chi connectivity index (χ2v) is 10.2. The van der Waals surface area contributed by atoms with Crippen molar-refractivity contribution in [3.63, 3.8) is 0 Å². The number of ether oxygens (including phenoxy) is 1. The van der Waals surface area contributed by atoms with E-state index < -0.39 is 0 Å². The van der Waals surface area contributed by atoms with Gasteiger partial charge in [0.05, 0.1) is 18.2 Å². The molecule has 0 amide bonds. The van der Waals surface area contributed by atoms with Crippen LogP contribution in [0.15, 0.2) is 24.3 Å². The Kier molecular flexibility index (Phi) is 4.45. The number of pyridine rings is 1. The van der Waals surface area contributed by atoms with Crippen LogP contribution in [0.3, 0.4) is 0 Å². The lowest BCUT2D eigenvalue weighted by Crippen LogP contribution is -2.49. The number of benzene rings is 1. The maximum Gasteiger partial charge on any atom is 0.193 e. The van der Waals surface area contributed by atoms with Gasteiger partial charge in [-0.1, -0.05) is 39.8 Å². The number of Topliss-reactive ketones (excluding diaryl/α,β-unsaturated/α-hetero) is 2. The van der Waals surface area contributed by atoms with Crippen molar-refractivity contribution < 1.29 is 18.9 Å². The molecule has 2 aromatic rings. The fraction of sp³-hybridized carbons (Fsp3) is 0.480. The first-order chi connectivity index (χ1) is 13.5. The van der Waals surface area contributed by atoms with Crippen molar-refractivity contribution in [1.82, 2.24) is 0 Å². The van der Waals surface area contributed by atoms with E-state index in [1.165, 1.54) is 0 Å². The quantitative estimate of drug-likeness (QED) is 0.707. The highest BCUT2D eigenvalue weighted by molar-refractivity contribution is 6.12. The summed E-state index contributed by atoms with van der Waals surface area (Å²) >= 11 is 0. The van der Waals surface area contributed by atoms with Crippen molar-refractivity contribution >= 4 is 11.6 Å². The van der Waals surface area contributed by atoms with E-state index in [2.05, 4.69) is 32.3 Å². The molecule has 0 fully saturated rings. The van der Waals surface area contributed by atoms with Crippen molar-refractivity contribution in [2.75, 3.05) is 7.11 Å². The van der Waals surface area contributed by atoms with Gasteiger partial charge in [-0.15, -0.1) is 0 Å². The highest BCUT2D eigenvalue weighted by Gasteiger charge is 2.45. The SMILES string of the molecule is COc1ccc(-c2c3c([n+](C)c4c2C(=O)CC(C)(C)C4)CC(C)(C)CC3=O)cc1. The topological polar surface area (TPSA) is 47.2 Å². The van der Waals surface area contributed by atoms with Gasteiger partial charge < -0.3 is 4.74 Å². The third-order valence-corrected chi connectivity index (χ3v) is 6.39. The molecule has 152 valence electrons. The Labute approximate surface area is 172 Å². The minimum absolute atomic E-state index is 0.0819. The van der Waals surface area contributed by atoms with Crippen molar-refractivity contribution in [2.45, 2.75) is 53.4 Å². The van der Waals surface area contributed by atoms with Crippen LogP contribution >= 0.6 is 0 Å². The molecule has 4 nitrogen and oxygen atoms in total. The van der Waals surface area contributed by atoms with Gasteiger partial charge in [-0.2, -0.15) is 0 Å². The summed E-state index contributed by atoms with van der Waals surface area (Å²) in [6.07, 6.45) is 2.66. The zero-order valence-corrected chi connectivity index (χ0v) is 18.3. The number of hydrogen-bond acceptors (Lipinski definition) is 3. The Morgan fingerprint density at radius 3 is 1.62 bits per heavy atom. The van der Waals surface area contributed by atoms with Gasteiger partial charge in [0.25, 0.3) is 0 Å². The Balaban J connectivity index is 2.08. The normalized spacial score (nSPS) is 19.5. The molecule has 0 aliphatic heterocycles. The average Bonchev–Trinajstić information content (AvgIpc) is 2.62. The first kappa shape index (κ1) is 19.8. The number of fused-ring (bicyclic) bond motifs is 2. The van der Waals surface area contributed by atoms with Crippen LogP contribution in [-0.2, 0) is 19.9 Å². The zero-order valence-electron chi connectivity index (χ0n) is 18.3. The molecule has 1 heterocycles. The molecule has 0 spiro atoms. The standard InChI is InChI=1S/C25H30NO3/c1-24(2)11-17-22(19(27)13-24)21(15-7-9-16(29-6)10-8-15)23-18(26(17)5)12-25(3,4)14-20(23)28/h7-10H,11-14H2,1-6H3/q+1. The van der Waals surface area contributed by atoms with Crippen LogP contribution in [-0.4, -0.2) is 18.7 Å². The molecule has 0 bridgehead atoms. The number of carbonyl (C=O) groups is 2. The molecule has 0 saturated heterocycles. The molecule has 4 rings (SSSR count). The van der Waals surface area contributed by atoms with E-state index in [0.717, 1.165) is 52.2 Å². The lowest BCUT2D eigenvalue weighted by molar-refractivity contribution is -0.688. The molecule has 0 saturated carbocycles. The maximum absolute atomic E-state index is 13.3. The summed E-state index contributed by atoms with van der Waals surface area (Å²) in [5.41, 5.74) is 5.18. The lowest BCUT2D eigenvalue weighted by Gasteiger charge is -2.34. The first-order valence-corrected chi connectivity index (χ1v) is 10.3. The van der Waals surface area contributed by atoms with Crippen LogP contribution < -0.4 is 9.30 Å². The van der Waals surface area contributed by atoms with E-state index in [0.29, 0.717) is 12.8 Å². The molecule has 4 heteroatoms. The Morgan fingerprint density at radius 1 is 0.759 bits per heavy atom. The van der Waals surface area contributed by atoms with Crippen molar-refractivity contribution in [3.05, 3.63) is 46.8 Å². The minimum Gasteiger partial charge on any atom is -0.497 e. The van der Waals surface area contributed by atoms with Gasteiger partial charge in [0.15, 0.2) is 23.0 Å². The number of aromatic nitrogens is 1.